The maximum absolute atomic E-state index is 11.7. The van der Waals surface area contributed by atoms with Crippen LogP contribution in [0.25, 0.3) is 0 Å². The molecule has 0 aliphatic heterocycles. The van der Waals surface area contributed by atoms with E-state index in [2.05, 4.69) is 27.9 Å². The molecular weight excluding hydrogens is 300 g/mol. The molecule has 1 aromatic rings. The summed E-state index contributed by atoms with van der Waals surface area (Å²) < 4.78 is 0. The lowest BCUT2D eigenvalue weighted by Gasteiger charge is -2.16. The number of hydrogen-bond acceptors (Lipinski definition) is 2. The molecule has 5 nitrogen and oxygen atoms in total. The van der Waals surface area contributed by atoms with Crippen molar-refractivity contribution in [2.75, 3.05) is 11.9 Å². The van der Waals surface area contributed by atoms with Crippen molar-refractivity contribution >= 4 is 17.6 Å². The molecule has 0 aromatic heterocycles. The van der Waals surface area contributed by atoms with E-state index in [1.54, 1.807) is 0 Å². The van der Waals surface area contributed by atoms with Crippen molar-refractivity contribution < 1.29 is 4.79 Å². The van der Waals surface area contributed by atoms with Gasteiger partial charge in [-0.3, -0.25) is 4.79 Å². The molecule has 0 atom stereocenters. The van der Waals surface area contributed by atoms with Crippen molar-refractivity contribution in [2.24, 2.45) is 10.9 Å². The van der Waals surface area contributed by atoms with Crippen molar-refractivity contribution in [3.05, 3.63) is 29.8 Å². The highest BCUT2D eigenvalue weighted by Gasteiger charge is 2.15. The zero-order chi connectivity index (χ0) is 17.4. The van der Waals surface area contributed by atoms with Crippen LogP contribution in [0.4, 0.5) is 5.69 Å². The van der Waals surface area contributed by atoms with Crippen LogP contribution in [0, 0.1) is 5.92 Å². The first kappa shape index (κ1) is 18.3. The molecule has 0 unspecified atom stereocenters. The number of anilines is 1. The zero-order valence-electron chi connectivity index (χ0n) is 15.1. The first-order valence-electron chi connectivity index (χ1n) is 9.03. The minimum Gasteiger partial charge on any atom is -0.357 e. The second-order valence-corrected chi connectivity index (χ2v) is 6.66. The van der Waals surface area contributed by atoms with Gasteiger partial charge in [-0.15, -0.1) is 0 Å². The average Bonchev–Trinajstić information content (AvgIpc) is 3.07. The Morgan fingerprint density at radius 3 is 2.46 bits per heavy atom. The fraction of sp³-hybridized carbons (Fsp3) is 0.579. The van der Waals surface area contributed by atoms with E-state index in [1.807, 2.05) is 38.1 Å². The van der Waals surface area contributed by atoms with Crippen LogP contribution in [-0.2, 0) is 11.3 Å². The number of carbonyl (C=O) groups excluding carboxylic acids is 1. The summed E-state index contributed by atoms with van der Waals surface area (Å²) in [5.74, 6) is 0.913. The first-order valence-corrected chi connectivity index (χ1v) is 9.03. The summed E-state index contributed by atoms with van der Waals surface area (Å²) in [4.78, 5) is 16.4. The van der Waals surface area contributed by atoms with E-state index in [1.165, 1.54) is 25.7 Å². The molecule has 132 valence electrons. The zero-order valence-corrected chi connectivity index (χ0v) is 15.1. The Labute approximate surface area is 145 Å². The second-order valence-electron chi connectivity index (χ2n) is 6.66. The predicted molar refractivity (Wildman–Crippen MR) is 100 cm³/mol. The third kappa shape index (κ3) is 5.87. The van der Waals surface area contributed by atoms with Gasteiger partial charge in [0.1, 0.15) is 0 Å². The van der Waals surface area contributed by atoms with Gasteiger partial charge in [0, 0.05) is 24.2 Å². The summed E-state index contributed by atoms with van der Waals surface area (Å²) in [6, 6.07) is 8.44. The molecule has 1 saturated carbocycles. The summed E-state index contributed by atoms with van der Waals surface area (Å²) in [5.41, 5.74) is 1.96. The number of aliphatic imine (C=N–C) groups is 1. The third-order valence-corrected chi connectivity index (χ3v) is 4.21. The number of amides is 1. The Bertz CT molecular complexity index is 545. The minimum absolute atomic E-state index is 0.0152. The third-order valence-electron chi connectivity index (χ3n) is 4.21. The summed E-state index contributed by atoms with van der Waals surface area (Å²) >= 11 is 0. The summed E-state index contributed by atoms with van der Waals surface area (Å²) in [6.07, 6.45) is 5.07. The number of benzene rings is 1. The van der Waals surface area contributed by atoms with E-state index >= 15 is 0 Å². The average molecular weight is 330 g/mol. The van der Waals surface area contributed by atoms with Crippen LogP contribution in [-0.4, -0.2) is 24.5 Å². The normalized spacial score (nSPS) is 15.6. The molecule has 2 rings (SSSR count). The van der Waals surface area contributed by atoms with Gasteiger partial charge in [-0.25, -0.2) is 4.99 Å². The molecule has 1 aromatic carbocycles. The molecule has 24 heavy (non-hydrogen) atoms. The Hall–Kier alpha value is -2.04. The molecule has 0 bridgehead atoms. The number of nitrogens with one attached hydrogen (secondary N) is 3. The van der Waals surface area contributed by atoms with E-state index < -0.39 is 0 Å². The maximum Gasteiger partial charge on any atom is 0.226 e. The van der Waals surface area contributed by atoms with E-state index in [0.717, 1.165) is 23.8 Å². The van der Waals surface area contributed by atoms with Gasteiger partial charge in [0.05, 0.1) is 6.54 Å². The monoisotopic (exact) mass is 330 g/mol. The lowest BCUT2D eigenvalue weighted by molar-refractivity contribution is -0.118. The Balaban J connectivity index is 1.91. The van der Waals surface area contributed by atoms with Gasteiger partial charge in [0.25, 0.3) is 0 Å². The fourth-order valence-electron chi connectivity index (χ4n) is 2.73. The number of carbonyl (C=O) groups is 1. The van der Waals surface area contributed by atoms with Crippen molar-refractivity contribution in [3.8, 4) is 0 Å². The quantitative estimate of drug-likeness (QED) is 0.554. The number of rotatable bonds is 6. The Kier molecular flexibility index (Phi) is 7.09. The molecular formula is C19H30N4O. The van der Waals surface area contributed by atoms with Crippen molar-refractivity contribution in [1.82, 2.24) is 10.6 Å². The SMILES string of the molecule is CCNC(=NCc1ccc(NC(=O)C(C)C)cc1)NC1CCCC1. The molecule has 5 heteroatoms. The largest absolute Gasteiger partial charge is 0.357 e. The van der Waals surface area contributed by atoms with Crippen LogP contribution in [0.5, 0.6) is 0 Å². The molecule has 0 saturated heterocycles. The van der Waals surface area contributed by atoms with E-state index in [-0.39, 0.29) is 11.8 Å². The van der Waals surface area contributed by atoms with Crippen molar-refractivity contribution in [2.45, 2.75) is 59.0 Å². The van der Waals surface area contributed by atoms with Crippen molar-refractivity contribution in [1.29, 1.82) is 0 Å². The van der Waals surface area contributed by atoms with Crippen LogP contribution in [0.3, 0.4) is 0 Å². The summed E-state index contributed by atoms with van der Waals surface area (Å²) in [7, 11) is 0. The topological polar surface area (TPSA) is 65.5 Å². The predicted octanol–water partition coefficient (Wildman–Crippen LogP) is 3.28. The van der Waals surface area contributed by atoms with Crippen LogP contribution in [0.15, 0.2) is 29.3 Å². The second kappa shape index (κ2) is 9.30. The molecule has 0 radical (unpaired) electrons. The smallest absolute Gasteiger partial charge is 0.226 e. The van der Waals surface area contributed by atoms with Crippen LogP contribution in [0.1, 0.15) is 52.0 Å². The number of nitrogens with zero attached hydrogens (tertiary/aromatic N) is 1. The van der Waals surface area contributed by atoms with Gasteiger partial charge in [-0.05, 0) is 37.5 Å². The standard InChI is InChI=1S/C19H30N4O/c1-4-20-19(23-16-7-5-6-8-16)21-13-15-9-11-17(12-10-15)22-18(24)14(2)3/h9-12,14,16H,4-8,13H2,1-3H3,(H,22,24)(H2,20,21,23). The van der Waals surface area contributed by atoms with E-state index in [4.69, 9.17) is 0 Å². The van der Waals surface area contributed by atoms with E-state index in [9.17, 15) is 4.79 Å². The highest BCUT2D eigenvalue weighted by Crippen LogP contribution is 2.17. The van der Waals surface area contributed by atoms with Crippen LogP contribution in [0.2, 0.25) is 0 Å². The molecule has 3 N–H and O–H groups in total. The molecule has 1 amide bonds. The lowest BCUT2D eigenvalue weighted by Crippen LogP contribution is -2.42. The maximum atomic E-state index is 11.7. The van der Waals surface area contributed by atoms with Gasteiger partial charge in [0.15, 0.2) is 5.96 Å². The van der Waals surface area contributed by atoms with Gasteiger partial charge >= 0.3 is 0 Å². The highest BCUT2D eigenvalue weighted by atomic mass is 16.1. The number of guanidine groups is 1. The first-order chi connectivity index (χ1) is 11.6. The number of hydrogen-bond donors (Lipinski definition) is 3. The van der Waals surface area contributed by atoms with Gasteiger partial charge in [-0.1, -0.05) is 38.8 Å². The highest BCUT2D eigenvalue weighted by molar-refractivity contribution is 5.92. The molecule has 0 spiro atoms. The van der Waals surface area contributed by atoms with Crippen LogP contribution >= 0.6 is 0 Å². The fourth-order valence-corrected chi connectivity index (χ4v) is 2.73. The van der Waals surface area contributed by atoms with Gasteiger partial charge < -0.3 is 16.0 Å². The molecule has 1 fully saturated rings. The molecule has 1 aliphatic carbocycles. The Morgan fingerprint density at radius 1 is 1.21 bits per heavy atom. The summed E-state index contributed by atoms with van der Waals surface area (Å²) in [5, 5.41) is 9.73. The van der Waals surface area contributed by atoms with Crippen molar-refractivity contribution in [3.63, 3.8) is 0 Å². The lowest BCUT2D eigenvalue weighted by atomic mass is 10.1. The molecule has 1 aliphatic rings. The van der Waals surface area contributed by atoms with Crippen LogP contribution < -0.4 is 16.0 Å². The Morgan fingerprint density at radius 2 is 1.88 bits per heavy atom. The van der Waals surface area contributed by atoms with Gasteiger partial charge in [-0.2, -0.15) is 0 Å². The minimum atomic E-state index is -0.0152. The molecule has 0 heterocycles. The van der Waals surface area contributed by atoms with E-state index in [0.29, 0.717) is 12.6 Å². The van der Waals surface area contributed by atoms with Gasteiger partial charge in [0.2, 0.25) is 5.91 Å². The summed E-state index contributed by atoms with van der Waals surface area (Å²) in [6.45, 7) is 7.34.